The monoisotopic (exact) mass is 345 g/mol. The Morgan fingerprint density at radius 3 is 3.00 bits per heavy atom. The molecule has 0 aliphatic rings. The first-order chi connectivity index (χ1) is 10.3. The van der Waals surface area contributed by atoms with E-state index in [4.69, 9.17) is 0 Å². The zero-order valence-corrected chi connectivity index (χ0v) is 12.6. The van der Waals surface area contributed by atoms with E-state index in [9.17, 15) is 4.79 Å². The highest BCUT2D eigenvalue weighted by molar-refractivity contribution is 9.10. The van der Waals surface area contributed by atoms with Gasteiger partial charge in [-0.15, -0.1) is 10.2 Å². The fraction of sp³-hybridized carbons (Fsp3) is 0.143. The number of aromatic nitrogens is 4. The van der Waals surface area contributed by atoms with Crippen molar-refractivity contribution in [3.63, 3.8) is 0 Å². The van der Waals surface area contributed by atoms with Gasteiger partial charge in [-0.25, -0.2) is 4.98 Å². The summed E-state index contributed by atoms with van der Waals surface area (Å²) >= 11 is 3.26. The molecule has 1 amide bonds. The molecule has 3 rings (SSSR count). The second kappa shape index (κ2) is 6.01. The molecule has 7 heteroatoms. The van der Waals surface area contributed by atoms with Gasteiger partial charge in [-0.1, -0.05) is 6.07 Å². The van der Waals surface area contributed by atoms with Crippen LogP contribution in [0.5, 0.6) is 0 Å². The molecule has 0 spiro atoms. The number of pyridine rings is 2. The summed E-state index contributed by atoms with van der Waals surface area (Å²) in [4.78, 5) is 16.1. The van der Waals surface area contributed by atoms with Crippen molar-refractivity contribution in [2.45, 2.75) is 6.42 Å². The quantitative estimate of drug-likeness (QED) is 0.732. The van der Waals surface area contributed by atoms with Gasteiger partial charge >= 0.3 is 0 Å². The average Bonchev–Trinajstić information content (AvgIpc) is 2.91. The van der Waals surface area contributed by atoms with Crippen molar-refractivity contribution in [2.24, 2.45) is 0 Å². The van der Waals surface area contributed by atoms with E-state index in [0.29, 0.717) is 23.1 Å². The molecular weight excluding hydrogens is 334 g/mol. The maximum Gasteiger partial charge on any atom is 0.254 e. The van der Waals surface area contributed by atoms with Gasteiger partial charge in [0.2, 0.25) is 0 Å². The van der Waals surface area contributed by atoms with E-state index in [0.717, 1.165) is 11.5 Å². The molecule has 0 aromatic carbocycles. The summed E-state index contributed by atoms with van der Waals surface area (Å²) in [6.07, 6.45) is 4.14. The van der Waals surface area contributed by atoms with Crippen LogP contribution in [0.25, 0.3) is 5.65 Å². The number of carbonyl (C=O) groups is 1. The van der Waals surface area contributed by atoms with E-state index in [1.165, 1.54) is 0 Å². The summed E-state index contributed by atoms with van der Waals surface area (Å²) in [5.74, 6) is 0.653. The lowest BCUT2D eigenvalue weighted by atomic mass is 10.2. The number of fused-ring (bicyclic) bond motifs is 1. The number of hydrogen-bond acceptors (Lipinski definition) is 4. The Bertz CT molecular complexity index is 786. The third kappa shape index (κ3) is 2.92. The predicted molar refractivity (Wildman–Crippen MR) is 81.0 cm³/mol. The van der Waals surface area contributed by atoms with Crippen LogP contribution < -0.4 is 5.32 Å². The Balaban J connectivity index is 1.64. The second-order valence-corrected chi connectivity index (χ2v) is 5.14. The van der Waals surface area contributed by atoms with Crippen LogP contribution in [0.3, 0.4) is 0 Å². The standard InChI is InChI=1S/C14H12BrN5O/c15-13-10(4-3-7-16-13)14(21)17-8-6-12-19-18-11-5-1-2-9-20(11)12/h1-5,7,9H,6,8H2,(H,17,21). The molecule has 0 fully saturated rings. The first-order valence-electron chi connectivity index (χ1n) is 6.43. The van der Waals surface area contributed by atoms with Gasteiger partial charge in [-0.2, -0.15) is 0 Å². The van der Waals surface area contributed by atoms with E-state index in [2.05, 4.69) is 36.4 Å². The van der Waals surface area contributed by atoms with Crippen molar-refractivity contribution >= 4 is 27.5 Å². The van der Waals surface area contributed by atoms with Crippen LogP contribution in [0.1, 0.15) is 16.2 Å². The molecule has 0 aliphatic heterocycles. The van der Waals surface area contributed by atoms with Gasteiger partial charge < -0.3 is 5.32 Å². The summed E-state index contributed by atoms with van der Waals surface area (Å²) in [6.45, 7) is 0.482. The first kappa shape index (κ1) is 13.7. The van der Waals surface area contributed by atoms with E-state index in [1.54, 1.807) is 18.3 Å². The molecule has 3 aromatic rings. The van der Waals surface area contributed by atoms with Gasteiger partial charge in [0, 0.05) is 25.4 Å². The Morgan fingerprint density at radius 2 is 2.14 bits per heavy atom. The Kier molecular flexibility index (Phi) is 3.92. The number of nitrogens with zero attached hydrogens (tertiary/aromatic N) is 4. The van der Waals surface area contributed by atoms with Crippen LogP contribution >= 0.6 is 15.9 Å². The van der Waals surface area contributed by atoms with E-state index < -0.39 is 0 Å². The molecule has 3 heterocycles. The number of hydrogen-bond donors (Lipinski definition) is 1. The molecule has 0 bridgehead atoms. The molecule has 0 saturated carbocycles. The first-order valence-corrected chi connectivity index (χ1v) is 7.22. The third-order valence-corrected chi connectivity index (χ3v) is 3.65. The Morgan fingerprint density at radius 1 is 1.24 bits per heavy atom. The molecule has 0 unspecified atom stereocenters. The van der Waals surface area contributed by atoms with Crippen molar-refractivity contribution in [1.29, 1.82) is 0 Å². The third-order valence-electron chi connectivity index (χ3n) is 3.02. The summed E-state index contributed by atoms with van der Waals surface area (Å²) in [5, 5.41) is 11.0. The molecule has 0 atom stereocenters. The smallest absolute Gasteiger partial charge is 0.254 e. The lowest BCUT2D eigenvalue weighted by Gasteiger charge is -2.05. The topological polar surface area (TPSA) is 72.2 Å². The minimum Gasteiger partial charge on any atom is -0.352 e. The maximum atomic E-state index is 12.0. The minimum absolute atomic E-state index is 0.163. The summed E-state index contributed by atoms with van der Waals surface area (Å²) in [5.41, 5.74) is 1.32. The van der Waals surface area contributed by atoms with Crippen molar-refractivity contribution in [2.75, 3.05) is 6.54 Å². The normalized spacial score (nSPS) is 10.7. The van der Waals surface area contributed by atoms with Crippen molar-refractivity contribution in [3.8, 4) is 0 Å². The lowest BCUT2D eigenvalue weighted by molar-refractivity contribution is 0.0952. The van der Waals surface area contributed by atoms with Crippen LogP contribution in [0, 0.1) is 0 Å². The summed E-state index contributed by atoms with van der Waals surface area (Å²) in [7, 11) is 0. The Labute approximate surface area is 129 Å². The summed E-state index contributed by atoms with van der Waals surface area (Å²) < 4.78 is 2.45. The highest BCUT2D eigenvalue weighted by atomic mass is 79.9. The SMILES string of the molecule is O=C(NCCc1nnc2ccccn12)c1cccnc1Br. The molecule has 6 nitrogen and oxygen atoms in total. The largest absolute Gasteiger partial charge is 0.352 e. The van der Waals surface area contributed by atoms with Crippen LogP contribution in [0.2, 0.25) is 0 Å². The number of rotatable bonds is 4. The molecule has 0 radical (unpaired) electrons. The maximum absolute atomic E-state index is 12.0. The van der Waals surface area contributed by atoms with Crippen LogP contribution in [0.15, 0.2) is 47.3 Å². The van der Waals surface area contributed by atoms with E-state index in [1.807, 2.05) is 28.8 Å². The fourth-order valence-electron chi connectivity index (χ4n) is 2.00. The summed E-state index contributed by atoms with van der Waals surface area (Å²) in [6, 6.07) is 9.17. The van der Waals surface area contributed by atoms with Crippen molar-refractivity contribution in [1.82, 2.24) is 24.9 Å². The fourth-order valence-corrected chi connectivity index (χ4v) is 2.43. The number of halogens is 1. The van der Waals surface area contributed by atoms with Crippen molar-refractivity contribution in [3.05, 3.63) is 58.7 Å². The zero-order chi connectivity index (χ0) is 14.7. The molecule has 106 valence electrons. The number of carbonyl (C=O) groups excluding carboxylic acids is 1. The van der Waals surface area contributed by atoms with Gasteiger partial charge in [0.05, 0.1) is 5.56 Å². The zero-order valence-electron chi connectivity index (χ0n) is 11.0. The lowest BCUT2D eigenvalue weighted by Crippen LogP contribution is -2.26. The molecule has 0 saturated heterocycles. The minimum atomic E-state index is -0.163. The van der Waals surface area contributed by atoms with Crippen LogP contribution in [-0.2, 0) is 6.42 Å². The van der Waals surface area contributed by atoms with Crippen LogP contribution in [0.4, 0.5) is 0 Å². The molecule has 21 heavy (non-hydrogen) atoms. The highest BCUT2D eigenvalue weighted by Gasteiger charge is 2.10. The second-order valence-electron chi connectivity index (χ2n) is 4.39. The number of amides is 1. The average molecular weight is 346 g/mol. The van der Waals surface area contributed by atoms with Gasteiger partial charge in [-0.3, -0.25) is 9.20 Å². The molecule has 1 N–H and O–H groups in total. The van der Waals surface area contributed by atoms with Gasteiger partial charge in [-0.05, 0) is 40.2 Å². The molecule has 3 aromatic heterocycles. The molecular formula is C14H12BrN5O. The van der Waals surface area contributed by atoms with Crippen molar-refractivity contribution < 1.29 is 4.79 Å². The predicted octanol–water partition coefficient (Wildman–Crippen LogP) is 1.86. The highest BCUT2D eigenvalue weighted by Crippen LogP contribution is 2.12. The van der Waals surface area contributed by atoms with Gasteiger partial charge in [0.25, 0.3) is 5.91 Å². The molecule has 0 aliphatic carbocycles. The van der Waals surface area contributed by atoms with Gasteiger partial charge in [0.15, 0.2) is 5.65 Å². The van der Waals surface area contributed by atoms with E-state index in [-0.39, 0.29) is 5.91 Å². The number of nitrogens with one attached hydrogen (secondary N) is 1. The van der Waals surface area contributed by atoms with Gasteiger partial charge in [0.1, 0.15) is 10.4 Å². The Hall–Kier alpha value is -2.28. The van der Waals surface area contributed by atoms with Crippen LogP contribution in [-0.4, -0.2) is 32.0 Å². The van der Waals surface area contributed by atoms with E-state index >= 15 is 0 Å².